The predicted octanol–water partition coefficient (Wildman–Crippen LogP) is 2.81. The molecule has 1 rings (SSSR count). The molecule has 1 aromatic rings. The summed E-state index contributed by atoms with van der Waals surface area (Å²) in [5.74, 6) is 0.802. The summed E-state index contributed by atoms with van der Waals surface area (Å²) >= 11 is 0. The van der Waals surface area contributed by atoms with Gasteiger partial charge in [-0.3, -0.25) is 4.72 Å². The number of ether oxygens (including phenoxy) is 2. The summed E-state index contributed by atoms with van der Waals surface area (Å²) in [6.07, 6.45) is -0.328. The Labute approximate surface area is 127 Å². The largest absolute Gasteiger partial charge is 0.494 e. The Morgan fingerprint density at radius 2 is 1.95 bits per heavy atom. The number of rotatable bonds is 8. The van der Waals surface area contributed by atoms with Crippen LogP contribution < -0.4 is 9.46 Å². The van der Waals surface area contributed by atoms with E-state index in [-0.39, 0.29) is 17.8 Å². The van der Waals surface area contributed by atoms with Crippen molar-refractivity contribution in [2.45, 2.75) is 33.8 Å². The van der Waals surface area contributed by atoms with Gasteiger partial charge in [0.05, 0.1) is 24.2 Å². The zero-order valence-electron chi connectivity index (χ0n) is 13.3. The molecule has 0 spiro atoms. The molecular formula is C15H25NO4S. The number of methoxy groups -OCH3 is 1. The third-order valence-electron chi connectivity index (χ3n) is 3.20. The van der Waals surface area contributed by atoms with E-state index in [1.54, 1.807) is 12.1 Å². The molecule has 1 aromatic carbocycles. The molecule has 1 N–H and O–H groups in total. The Morgan fingerprint density at radius 3 is 2.43 bits per heavy atom. The second-order valence-electron chi connectivity index (χ2n) is 5.31. The summed E-state index contributed by atoms with van der Waals surface area (Å²) in [6.45, 7) is 8.20. The molecule has 0 radical (unpaired) electrons. The van der Waals surface area contributed by atoms with Crippen LogP contribution in [0.2, 0.25) is 0 Å². The molecule has 21 heavy (non-hydrogen) atoms. The molecule has 0 aliphatic rings. The maximum absolute atomic E-state index is 12.2. The van der Waals surface area contributed by atoms with Gasteiger partial charge in [-0.1, -0.05) is 13.8 Å². The van der Waals surface area contributed by atoms with Crippen molar-refractivity contribution >= 4 is 15.7 Å². The minimum Gasteiger partial charge on any atom is -0.494 e. The van der Waals surface area contributed by atoms with E-state index < -0.39 is 10.0 Å². The molecule has 0 aliphatic carbocycles. The van der Waals surface area contributed by atoms with Crippen LogP contribution in [0.4, 0.5) is 5.69 Å². The van der Waals surface area contributed by atoms with Crippen LogP contribution in [0.1, 0.15) is 26.3 Å². The highest BCUT2D eigenvalue weighted by Gasteiger charge is 2.22. The molecule has 0 fully saturated rings. The second-order valence-corrected chi connectivity index (χ2v) is 7.08. The van der Waals surface area contributed by atoms with Gasteiger partial charge in [0.1, 0.15) is 5.75 Å². The summed E-state index contributed by atoms with van der Waals surface area (Å²) in [7, 11) is -1.92. The smallest absolute Gasteiger partial charge is 0.235 e. The minimum atomic E-state index is -3.45. The summed E-state index contributed by atoms with van der Waals surface area (Å²) in [5, 5.41) is 0. The Balaban J connectivity index is 2.84. The highest BCUT2D eigenvalue weighted by molar-refractivity contribution is 7.92. The van der Waals surface area contributed by atoms with Gasteiger partial charge in [-0.05, 0) is 43.5 Å². The summed E-state index contributed by atoms with van der Waals surface area (Å²) in [5.41, 5.74) is 1.39. The maximum atomic E-state index is 12.2. The molecule has 120 valence electrons. The number of benzene rings is 1. The van der Waals surface area contributed by atoms with Crippen LogP contribution in [0.15, 0.2) is 18.2 Å². The average Bonchev–Trinajstić information content (AvgIpc) is 2.39. The monoisotopic (exact) mass is 315 g/mol. The molecule has 6 heteroatoms. The first kappa shape index (κ1) is 17.8. The zero-order valence-corrected chi connectivity index (χ0v) is 14.2. The van der Waals surface area contributed by atoms with Gasteiger partial charge >= 0.3 is 0 Å². The van der Waals surface area contributed by atoms with Crippen LogP contribution in [0.5, 0.6) is 5.75 Å². The van der Waals surface area contributed by atoms with Gasteiger partial charge in [0.15, 0.2) is 0 Å². The Morgan fingerprint density at radius 1 is 1.29 bits per heavy atom. The fraction of sp³-hybridized carbons (Fsp3) is 0.600. The van der Waals surface area contributed by atoms with Crippen molar-refractivity contribution < 1.29 is 17.9 Å². The second kappa shape index (κ2) is 7.66. The van der Waals surface area contributed by atoms with Crippen molar-refractivity contribution in [2.24, 2.45) is 5.92 Å². The van der Waals surface area contributed by atoms with Crippen molar-refractivity contribution in [3.63, 3.8) is 0 Å². The highest BCUT2D eigenvalue weighted by atomic mass is 32.2. The van der Waals surface area contributed by atoms with Gasteiger partial charge in [-0.25, -0.2) is 8.42 Å². The van der Waals surface area contributed by atoms with Crippen molar-refractivity contribution in [1.29, 1.82) is 0 Å². The van der Waals surface area contributed by atoms with E-state index >= 15 is 0 Å². The van der Waals surface area contributed by atoms with Crippen LogP contribution in [-0.4, -0.2) is 34.0 Å². The highest BCUT2D eigenvalue weighted by Crippen LogP contribution is 2.23. The van der Waals surface area contributed by atoms with Crippen LogP contribution in [0, 0.1) is 12.8 Å². The third kappa shape index (κ3) is 5.55. The molecule has 0 aromatic heterocycles. The molecule has 0 amide bonds. The Bertz CT molecular complexity index is 555. The van der Waals surface area contributed by atoms with Gasteiger partial charge in [0, 0.05) is 7.11 Å². The molecule has 0 aliphatic heterocycles. The van der Waals surface area contributed by atoms with E-state index in [1.165, 1.54) is 7.11 Å². The lowest BCUT2D eigenvalue weighted by molar-refractivity contribution is 0.0829. The number of hydrogen-bond acceptors (Lipinski definition) is 4. The first-order valence-electron chi connectivity index (χ1n) is 7.05. The molecular weight excluding hydrogens is 290 g/mol. The van der Waals surface area contributed by atoms with Gasteiger partial charge < -0.3 is 9.47 Å². The van der Waals surface area contributed by atoms with Crippen LogP contribution in [-0.2, 0) is 14.8 Å². The maximum Gasteiger partial charge on any atom is 0.235 e. The van der Waals surface area contributed by atoms with Crippen LogP contribution in [0.3, 0.4) is 0 Å². The van der Waals surface area contributed by atoms with E-state index in [4.69, 9.17) is 9.47 Å². The number of nitrogens with one attached hydrogen (secondary N) is 1. The van der Waals surface area contributed by atoms with Crippen molar-refractivity contribution in [1.82, 2.24) is 0 Å². The Hall–Kier alpha value is -1.27. The van der Waals surface area contributed by atoms with Gasteiger partial charge in [0.25, 0.3) is 0 Å². The summed E-state index contributed by atoms with van der Waals surface area (Å²) in [4.78, 5) is 0. The predicted molar refractivity (Wildman–Crippen MR) is 85.4 cm³/mol. The SMILES string of the molecule is CCOc1ccc(NS(=O)(=O)CC(OC)C(C)C)c(C)c1. The van der Waals surface area contributed by atoms with E-state index in [0.29, 0.717) is 12.3 Å². The van der Waals surface area contributed by atoms with E-state index in [1.807, 2.05) is 33.8 Å². The summed E-state index contributed by atoms with van der Waals surface area (Å²) in [6, 6.07) is 5.29. The number of sulfonamides is 1. The zero-order chi connectivity index (χ0) is 16.0. The minimum absolute atomic E-state index is 0.0617. The number of anilines is 1. The van der Waals surface area contributed by atoms with Gasteiger partial charge in [-0.2, -0.15) is 0 Å². The van der Waals surface area contributed by atoms with E-state index in [2.05, 4.69) is 4.72 Å². The van der Waals surface area contributed by atoms with Crippen molar-refractivity contribution in [3.8, 4) is 5.75 Å². The lowest BCUT2D eigenvalue weighted by Gasteiger charge is -2.20. The number of hydrogen-bond donors (Lipinski definition) is 1. The normalized spacial score (nSPS) is 13.2. The first-order valence-corrected chi connectivity index (χ1v) is 8.71. The fourth-order valence-electron chi connectivity index (χ4n) is 1.97. The van der Waals surface area contributed by atoms with E-state index in [9.17, 15) is 8.42 Å². The average molecular weight is 315 g/mol. The molecule has 0 saturated carbocycles. The van der Waals surface area contributed by atoms with Gasteiger partial charge in [-0.15, -0.1) is 0 Å². The van der Waals surface area contributed by atoms with E-state index in [0.717, 1.165) is 11.3 Å². The molecule has 1 atom stereocenters. The third-order valence-corrected chi connectivity index (χ3v) is 4.50. The molecule has 0 heterocycles. The lowest BCUT2D eigenvalue weighted by Crippen LogP contribution is -2.31. The fourth-order valence-corrected chi connectivity index (χ4v) is 3.57. The first-order chi connectivity index (χ1) is 9.79. The molecule has 0 saturated heterocycles. The van der Waals surface area contributed by atoms with Crippen molar-refractivity contribution in [2.75, 3.05) is 24.2 Å². The quantitative estimate of drug-likeness (QED) is 0.801. The summed E-state index contributed by atoms with van der Waals surface area (Å²) < 4.78 is 37.7. The standard InChI is InChI=1S/C15H25NO4S/c1-6-20-13-7-8-14(12(4)9-13)16-21(17,18)10-15(19-5)11(2)3/h7-9,11,15-16H,6,10H2,1-5H3. The van der Waals surface area contributed by atoms with Gasteiger partial charge in [0.2, 0.25) is 10.0 Å². The lowest BCUT2D eigenvalue weighted by atomic mass is 10.1. The van der Waals surface area contributed by atoms with Crippen LogP contribution in [0.25, 0.3) is 0 Å². The topological polar surface area (TPSA) is 64.6 Å². The number of aryl methyl sites for hydroxylation is 1. The molecule has 0 bridgehead atoms. The molecule has 5 nitrogen and oxygen atoms in total. The Kier molecular flexibility index (Phi) is 6.48. The van der Waals surface area contributed by atoms with Crippen molar-refractivity contribution in [3.05, 3.63) is 23.8 Å². The molecule has 1 unspecified atom stereocenters. The van der Waals surface area contributed by atoms with Crippen LogP contribution >= 0.6 is 0 Å².